The van der Waals surface area contributed by atoms with Crippen LogP contribution in [0.3, 0.4) is 0 Å². The molecule has 0 saturated heterocycles. The Balaban J connectivity index is 3.68. The van der Waals surface area contributed by atoms with Gasteiger partial charge >= 0.3 is 0 Å². The Morgan fingerprint density at radius 2 is 1.83 bits per heavy atom. The lowest BCUT2D eigenvalue weighted by Gasteiger charge is -2.16. The molecule has 0 heterocycles. The van der Waals surface area contributed by atoms with E-state index < -0.39 is 0 Å². The Morgan fingerprint density at radius 1 is 1.33 bits per heavy atom. The molecule has 0 aromatic rings. The number of rotatable bonds is 7. The van der Waals surface area contributed by atoms with E-state index in [1.165, 1.54) is 0 Å². The van der Waals surface area contributed by atoms with Crippen LogP contribution in [0.4, 0.5) is 0 Å². The van der Waals surface area contributed by atoms with E-state index in [9.17, 15) is 4.79 Å². The molecule has 0 spiro atoms. The van der Waals surface area contributed by atoms with E-state index in [0.29, 0.717) is 22.7 Å². The summed E-state index contributed by atoms with van der Waals surface area (Å²) >= 11 is 0. The number of carbonyl (C=O) groups excluding carboxylic acids is 1. The quantitative estimate of drug-likeness (QED) is 0.340. The first-order chi connectivity index (χ1) is 5.74. The highest BCUT2D eigenvalue weighted by Gasteiger charge is 2.13. The molecule has 0 fully saturated rings. The fourth-order valence-electron chi connectivity index (χ4n) is 0.701. The number of hydrogen-bond donors (Lipinski definition) is 0. The summed E-state index contributed by atoms with van der Waals surface area (Å²) in [4.78, 5) is 10.3. The van der Waals surface area contributed by atoms with Crippen molar-refractivity contribution in [3.05, 3.63) is 0 Å². The summed E-state index contributed by atoms with van der Waals surface area (Å²) in [5, 5.41) is 0. The lowest BCUT2D eigenvalue weighted by Crippen LogP contribution is -2.27. The zero-order valence-electron chi connectivity index (χ0n) is 7.87. The van der Waals surface area contributed by atoms with Crippen LogP contribution in [-0.2, 0) is 14.3 Å². The van der Waals surface area contributed by atoms with Crippen LogP contribution in [0.25, 0.3) is 0 Å². The maximum Gasteiger partial charge on any atom is 0.137 e. The van der Waals surface area contributed by atoms with Crippen LogP contribution < -0.4 is 0 Å². The Kier molecular flexibility index (Phi) is 7.34. The first kappa shape index (κ1) is 11.8. The van der Waals surface area contributed by atoms with E-state index >= 15 is 0 Å². The SMILES string of the molecule is CCOC(OCC)[Si]C(C)C=O. The van der Waals surface area contributed by atoms with Gasteiger partial charge in [0.25, 0.3) is 0 Å². The van der Waals surface area contributed by atoms with E-state index in [2.05, 4.69) is 0 Å². The molecule has 1 atom stereocenters. The van der Waals surface area contributed by atoms with Crippen LogP contribution in [0.1, 0.15) is 20.8 Å². The highest BCUT2D eigenvalue weighted by molar-refractivity contribution is 6.43. The minimum Gasteiger partial charge on any atom is -0.357 e. The van der Waals surface area contributed by atoms with Crippen molar-refractivity contribution in [3.8, 4) is 0 Å². The Labute approximate surface area is 76.3 Å². The third-order valence-corrected chi connectivity index (χ3v) is 2.51. The molecule has 3 nitrogen and oxygen atoms in total. The van der Waals surface area contributed by atoms with Crippen molar-refractivity contribution in [1.82, 2.24) is 0 Å². The predicted molar refractivity (Wildman–Crippen MR) is 48.3 cm³/mol. The second-order valence-electron chi connectivity index (χ2n) is 2.33. The van der Waals surface area contributed by atoms with Crippen molar-refractivity contribution in [2.45, 2.75) is 32.2 Å². The summed E-state index contributed by atoms with van der Waals surface area (Å²) in [7, 11) is 0.398. The van der Waals surface area contributed by atoms with Crippen molar-refractivity contribution in [1.29, 1.82) is 0 Å². The lowest BCUT2D eigenvalue weighted by atomic mass is 10.5. The molecule has 70 valence electrons. The molecule has 0 bridgehead atoms. The van der Waals surface area contributed by atoms with Gasteiger partial charge in [0, 0.05) is 18.8 Å². The highest BCUT2D eigenvalue weighted by atomic mass is 28.2. The molecule has 0 aromatic heterocycles. The molecular formula is C8H16O3Si. The van der Waals surface area contributed by atoms with Gasteiger partial charge in [-0.1, -0.05) is 6.92 Å². The largest absolute Gasteiger partial charge is 0.357 e. The Bertz CT molecular complexity index is 113. The topological polar surface area (TPSA) is 35.5 Å². The monoisotopic (exact) mass is 188 g/mol. The third-order valence-electron chi connectivity index (χ3n) is 1.24. The number of ether oxygens (including phenoxy) is 2. The highest BCUT2D eigenvalue weighted by Crippen LogP contribution is 2.03. The van der Waals surface area contributed by atoms with Crippen LogP contribution >= 0.6 is 0 Å². The van der Waals surface area contributed by atoms with Gasteiger partial charge in [-0.15, -0.1) is 0 Å². The number of aldehydes is 1. The van der Waals surface area contributed by atoms with E-state index in [1.807, 2.05) is 20.8 Å². The maximum atomic E-state index is 10.3. The van der Waals surface area contributed by atoms with Crippen molar-refractivity contribution in [2.24, 2.45) is 0 Å². The summed E-state index contributed by atoms with van der Waals surface area (Å²) < 4.78 is 10.6. The molecule has 0 amide bonds. The first-order valence-electron chi connectivity index (χ1n) is 4.19. The van der Waals surface area contributed by atoms with Crippen LogP contribution in [0.2, 0.25) is 5.54 Å². The summed E-state index contributed by atoms with van der Waals surface area (Å²) in [6, 6.07) is 0. The molecule has 4 heteroatoms. The van der Waals surface area contributed by atoms with Crippen molar-refractivity contribution in [2.75, 3.05) is 13.2 Å². The lowest BCUT2D eigenvalue weighted by molar-refractivity contribution is -0.108. The molecule has 0 saturated carbocycles. The Morgan fingerprint density at radius 3 is 2.17 bits per heavy atom. The van der Waals surface area contributed by atoms with Crippen molar-refractivity contribution < 1.29 is 14.3 Å². The van der Waals surface area contributed by atoms with Gasteiger partial charge in [0.2, 0.25) is 0 Å². The van der Waals surface area contributed by atoms with Gasteiger partial charge in [-0.05, 0) is 13.8 Å². The predicted octanol–water partition coefficient (Wildman–Crippen LogP) is 1.05. The van der Waals surface area contributed by atoms with Gasteiger partial charge in [0.1, 0.15) is 21.7 Å². The summed E-state index contributed by atoms with van der Waals surface area (Å²) in [5.74, 6) is -0.194. The second kappa shape index (κ2) is 7.46. The first-order valence-corrected chi connectivity index (χ1v) is 5.34. The Hall–Kier alpha value is -0.193. The van der Waals surface area contributed by atoms with Gasteiger partial charge in [-0.2, -0.15) is 0 Å². The van der Waals surface area contributed by atoms with Gasteiger partial charge in [-0.3, -0.25) is 0 Å². The van der Waals surface area contributed by atoms with Crippen LogP contribution in [-0.4, -0.2) is 34.9 Å². The molecule has 1 unspecified atom stereocenters. The molecule has 2 radical (unpaired) electrons. The zero-order chi connectivity index (χ0) is 9.40. The van der Waals surface area contributed by atoms with Crippen LogP contribution in [0, 0.1) is 0 Å². The molecule has 12 heavy (non-hydrogen) atoms. The fourth-order valence-corrected chi connectivity index (χ4v) is 1.73. The molecule has 0 rings (SSSR count). The van der Waals surface area contributed by atoms with E-state index in [4.69, 9.17) is 9.47 Å². The van der Waals surface area contributed by atoms with Gasteiger partial charge in [0.15, 0.2) is 0 Å². The van der Waals surface area contributed by atoms with Crippen molar-refractivity contribution in [3.63, 3.8) is 0 Å². The van der Waals surface area contributed by atoms with Crippen LogP contribution in [0.15, 0.2) is 0 Å². The fraction of sp³-hybridized carbons (Fsp3) is 0.875. The number of carbonyl (C=O) groups is 1. The van der Waals surface area contributed by atoms with Crippen LogP contribution in [0.5, 0.6) is 0 Å². The molecule has 0 N–H and O–H groups in total. The second-order valence-corrected chi connectivity index (χ2v) is 4.05. The molecule has 0 aliphatic rings. The molecular weight excluding hydrogens is 172 g/mol. The standard InChI is InChI=1S/C8H16O3Si/c1-4-10-8(11-5-2)12-7(3)6-9/h6-8H,4-5H2,1-3H3. The average Bonchev–Trinajstić information content (AvgIpc) is 2.05. The molecule has 0 aliphatic carbocycles. The summed E-state index contributed by atoms with van der Waals surface area (Å²) in [6.45, 7) is 6.97. The average molecular weight is 188 g/mol. The minimum atomic E-state index is -0.194. The smallest absolute Gasteiger partial charge is 0.137 e. The maximum absolute atomic E-state index is 10.3. The van der Waals surface area contributed by atoms with Gasteiger partial charge in [0.05, 0.1) is 0 Å². The third kappa shape index (κ3) is 5.46. The van der Waals surface area contributed by atoms with Gasteiger partial charge in [-0.25, -0.2) is 0 Å². The zero-order valence-corrected chi connectivity index (χ0v) is 8.87. The van der Waals surface area contributed by atoms with E-state index in [1.54, 1.807) is 0 Å². The number of hydrogen-bond acceptors (Lipinski definition) is 3. The summed E-state index contributed by atoms with van der Waals surface area (Å²) in [6.07, 6.45) is 0.934. The minimum absolute atomic E-state index is 0.0353. The van der Waals surface area contributed by atoms with Crippen molar-refractivity contribution >= 4 is 15.8 Å². The molecule has 0 aliphatic heterocycles. The molecule has 0 aromatic carbocycles. The van der Waals surface area contributed by atoms with Gasteiger partial charge < -0.3 is 14.3 Å². The van der Waals surface area contributed by atoms with E-state index in [0.717, 1.165) is 6.29 Å². The summed E-state index contributed by atoms with van der Waals surface area (Å²) in [5.41, 5.74) is 0.0353. The normalized spacial score (nSPS) is 13.3. The van der Waals surface area contributed by atoms with E-state index in [-0.39, 0.29) is 11.5 Å².